The van der Waals surface area contributed by atoms with Crippen LogP contribution in [-0.2, 0) is 0 Å². The van der Waals surface area contributed by atoms with E-state index in [2.05, 4.69) is 10.1 Å². The Kier molecular flexibility index (Phi) is 2.55. The molecule has 19 heavy (non-hydrogen) atoms. The SMILES string of the molecule is NC1=NN([O-])c2cc(-c3ccncc3)ccc2N1[O-]. The fourth-order valence-corrected chi connectivity index (χ4v) is 1.88. The molecular weight excluding hydrogens is 246 g/mol. The number of hydroxylamine groups is 1. The van der Waals surface area contributed by atoms with E-state index in [1.165, 1.54) is 0 Å². The van der Waals surface area contributed by atoms with Crippen LogP contribution in [0.1, 0.15) is 0 Å². The molecule has 0 saturated carbocycles. The highest BCUT2D eigenvalue weighted by Gasteiger charge is 2.14. The second-order valence-electron chi connectivity index (χ2n) is 3.96. The third-order valence-corrected chi connectivity index (χ3v) is 2.82. The molecule has 0 fully saturated rings. The van der Waals surface area contributed by atoms with Gasteiger partial charge in [0.1, 0.15) is 0 Å². The Morgan fingerprint density at radius 1 is 0.947 bits per heavy atom. The minimum absolute atomic E-state index is 0.165. The summed E-state index contributed by atoms with van der Waals surface area (Å²) in [6.07, 6.45) is 3.31. The Morgan fingerprint density at radius 2 is 1.68 bits per heavy atom. The number of aromatic nitrogens is 1. The Hall–Kier alpha value is -2.64. The molecule has 2 aromatic rings. The molecule has 7 nitrogen and oxygen atoms in total. The molecule has 0 unspecified atom stereocenters. The van der Waals surface area contributed by atoms with Crippen LogP contribution < -0.4 is 16.0 Å². The summed E-state index contributed by atoms with van der Waals surface area (Å²) < 4.78 is 0. The average molecular weight is 255 g/mol. The number of pyridine rings is 1. The topological polar surface area (TPSA) is 104 Å². The van der Waals surface area contributed by atoms with Gasteiger partial charge in [0.25, 0.3) is 0 Å². The number of rotatable bonds is 1. The van der Waals surface area contributed by atoms with Crippen LogP contribution in [0, 0.1) is 10.4 Å². The molecule has 2 heterocycles. The van der Waals surface area contributed by atoms with E-state index in [0.717, 1.165) is 11.1 Å². The zero-order valence-corrected chi connectivity index (χ0v) is 9.72. The number of hydrogen-bond acceptors (Lipinski definition) is 7. The lowest BCUT2D eigenvalue weighted by Gasteiger charge is -2.41. The molecule has 1 aliphatic heterocycles. The predicted octanol–water partition coefficient (Wildman–Crippen LogP) is 1.60. The van der Waals surface area contributed by atoms with Crippen molar-refractivity contribution >= 4 is 17.3 Å². The van der Waals surface area contributed by atoms with Crippen LogP contribution in [0.25, 0.3) is 11.1 Å². The van der Waals surface area contributed by atoms with Crippen LogP contribution in [0.15, 0.2) is 47.8 Å². The summed E-state index contributed by atoms with van der Waals surface area (Å²) >= 11 is 0. The van der Waals surface area contributed by atoms with E-state index in [9.17, 15) is 10.4 Å². The number of nitrogens with two attached hydrogens (primary N) is 1. The lowest BCUT2D eigenvalue weighted by atomic mass is 10.1. The molecule has 0 amide bonds. The second kappa shape index (κ2) is 4.23. The van der Waals surface area contributed by atoms with Crippen molar-refractivity contribution in [2.45, 2.75) is 0 Å². The molecule has 1 aromatic carbocycles. The van der Waals surface area contributed by atoms with Crippen molar-refractivity contribution in [3.05, 3.63) is 53.1 Å². The van der Waals surface area contributed by atoms with Gasteiger partial charge in [-0.3, -0.25) is 4.98 Å². The van der Waals surface area contributed by atoms with Gasteiger partial charge in [0.05, 0.1) is 11.4 Å². The van der Waals surface area contributed by atoms with Crippen molar-refractivity contribution < 1.29 is 0 Å². The summed E-state index contributed by atoms with van der Waals surface area (Å²) in [5, 5.41) is 27.6. The van der Waals surface area contributed by atoms with Crippen molar-refractivity contribution in [2.24, 2.45) is 10.8 Å². The normalized spacial score (nSPS) is 14.1. The quantitative estimate of drug-likeness (QED) is 0.829. The van der Waals surface area contributed by atoms with Gasteiger partial charge in [-0.05, 0) is 35.4 Å². The van der Waals surface area contributed by atoms with Crippen LogP contribution in [0.2, 0.25) is 0 Å². The standard InChI is InChI=1S/C12H9N5O2/c13-12-15-17(19)11-7-9(1-2-10(11)16(12)18)8-3-5-14-6-4-8/h1-7H,(H2,13,15)/q-2. The molecule has 3 rings (SSSR count). The average Bonchev–Trinajstić information content (AvgIpc) is 2.45. The van der Waals surface area contributed by atoms with Crippen molar-refractivity contribution in [1.29, 1.82) is 0 Å². The monoisotopic (exact) mass is 255 g/mol. The maximum Gasteiger partial charge on any atom is 0.207 e. The number of nitrogens with zero attached hydrogens (tertiary/aromatic N) is 4. The summed E-state index contributed by atoms with van der Waals surface area (Å²) in [5.41, 5.74) is 7.38. The van der Waals surface area contributed by atoms with Crippen molar-refractivity contribution in [2.75, 3.05) is 10.2 Å². The molecule has 0 atom stereocenters. The Labute approximate surface area is 108 Å². The van der Waals surface area contributed by atoms with Gasteiger partial charge < -0.3 is 26.4 Å². The molecule has 0 aliphatic carbocycles. The number of hydrogen-bond donors (Lipinski definition) is 1. The van der Waals surface area contributed by atoms with Crippen LogP contribution in [0.4, 0.5) is 11.4 Å². The van der Waals surface area contributed by atoms with Gasteiger partial charge >= 0.3 is 0 Å². The molecule has 7 heteroatoms. The molecule has 0 bridgehead atoms. The van der Waals surface area contributed by atoms with Gasteiger partial charge in [-0.1, -0.05) is 6.07 Å². The van der Waals surface area contributed by atoms with E-state index in [-0.39, 0.29) is 17.3 Å². The van der Waals surface area contributed by atoms with Gasteiger partial charge in [-0.2, -0.15) is 0 Å². The number of benzene rings is 1. The van der Waals surface area contributed by atoms with Crippen molar-refractivity contribution in [1.82, 2.24) is 4.98 Å². The van der Waals surface area contributed by atoms with Crippen molar-refractivity contribution in [3.8, 4) is 11.1 Å². The molecule has 0 saturated heterocycles. The second-order valence-corrected chi connectivity index (χ2v) is 3.96. The zero-order valence-electron chi connectivity index (χ0n) is 9.72. The molecule has 0 radical (unpaired) electrons. The third kappa shape index (κ3) is 1.86. The number of fused-ring (bicyclic) bond motifs is 1. The summed E-state index contributed by atoms with van der Waals surface area (Å²) in [7, 11) is 0. The maximum atomic E-state index is 11.7. The van der Waals surface area contributed by atoms with Crippen LogP contribution in [0.5, 0.6) is 0 Å². The van der Waals surface area contributed by atoms with E-state index < -0.39 is 0 Å². The van der Waals surface area contributed by atoms with Crippen LogP contribution >= 0.6 is 0 Å². The molecule has 0 spiro atoms. The lowest BCUT2D eigenvalue weighted by Crippen LogP contribution is -2.38. The highest BCUT2D eigenvalue weighted by Crippen LogP contribution is 2.35. The van der Waals surface area contributed by atoms with Crippen LogP contribution in [0.3, 0.4) is 0 Å². The molecule has 96 valence electrons. The molecule has 2 N–H and O–H groups in total. The highest BCUT2D eigenvalue weighted by molar-refractivity contribution is 6.02. The van der Waals surface area contributed by atoms with Gasteiger partial charge in [0, 0.05) is 12.4 Å². The first-order valence-corrected chi connectivity index (χ1v) is 5.50. The largest absolute Gasteiger partial charge is 0.752 e. The van der Waals surface area contributed by atoms with E-state index in [0.29, 0.717) is 10.2 Å². The van der Waals surface area contributed by atoms with Gasteiger partial charge in [-0.15, -0.1) is 5.10 Å². The number of anilines is 2. The fourth-order valence-electron chi connectivity index (χ4n) is 1.88. The molecule has 1 aromatic heterocycles. The Morgan fingerprint density at radius 3 is 2.42 bits per heavy atom. The maximum absolute atomic E-state index is 11.7. The third-order valence-electron chi connectivity index (χ3n) is 2.82. The van der Waals surface area contributed by atoms with E-state index >= 15 is 0 Å². The van der Waals surface area contributed by atoms with E-state index in [1.54, 1.807) is 30.6 Å². The smallest absolute Gasteiger partial charge is 0.207 e. The van der Waals surface area contributed by atoms with Gasteiger partial charge in [0.15, 0.2) is 0 Å². The number of guanidine groups is 1. The van der Waals surface area contributed by atoms with E-state index in [4.69, 9.17) is 5.73 Å². The summed E-state index contributed by atoms with van der Waals surface area (Å²) in [5.74, 6) is -0.376. The molecular formula is C12H9N5O2-2. The predicted molar refractivity (Wildman–Crippen MR) is 73.0 cm³/mol. The Balaban J connectivity index is 2.10. The first-order chi connectivity index (χ1) is 9.16. The molecule has 1 aliphatic rings. The lowest BCUT2D eigenvalue weighted by molar-refractivity contribution is 1.03. The van der Waals surface area contributed by atoms with E-state index in [1.807, 2.05) is 12.1 Å². The first kappa shape index (κ1) is 11.5. The summed E-state index contributed by atoms with van der Waals surface area (Å²) in [4.78, 5) is 3.93. The van der Waals surface area contributed by atoms with Crippen LogP contribution in [-0.4, -0.2) is 10.9 Å². The summed E-state index contributed by atoms with van der Waals surface area (Å²) in [6, 6.07) is 8.51. The Bertz CT molecular complexity index is 644. The zero-order chi connectivity index (χ0) is 13.4. The number of hydrazone groups is 1. The fraction of sp³-hybridized carbons (Fsp3) is 0. The minimum atomic E-state index is -0.376. The minimum Gasteiger partial charge on any atom is -0.752 e. The first-order valence-electron chi connectivity index (χ1n) is 5.50. The summed E-state index contributed by atoms with van der Waals surface area (Å²) in [6.45, 7) is 0. The highest BCUT2D eigenvalue weighted by atomic mass is 16.5. The van der Waals surface area contributed by atoms with Gasteiger partial charge in [0.2, 0.25) is 5.96 Å². The van der Waals surface area contributed by atoms with Gasteiger partial charge in [-0.25, -0.2) is 0 Å². The van der Waals surface area contributed by atoms with Crippen molar-refractivity contribution in [3.63, 3.8) is 0 Å².